The summed E-state index contributed by atoms with van der Waals surface area (Å²) in [4.78, 5) is 0. The van der Waals surface area contributed by atoms with Gasteiger partial charge in [-0.15, -0.1) is 0 Å². The SMILES string of the molecule is CC1CC=Cc2c1n(-c1cccc(C(N)N(C)/N=C/c3ccccc3)c1)c1cccc(-c3ccccc3)c21. The van der Waals surface area contributed by atoms with Gasteiger partial charge in [0.05, 0.1) is 11.7 Å². The molecule has 0 aliphatic heterocycles. The Hall–Kier alpha value is -4.41. The fourth-order valence-electron chi connectivity index (χ4n) is 5.51. The Balaban J connectivity index is 1.45. The predicted octanol–water partition coefficient (Wildman–Crippen LogP) is 7.74. The van der Waals surface area contributed by atoms with Gasteiger partial charge in [-0.2, -0.15) is 5.10 Å². The Morgan fingerprint density at radius 2 is 1.66 bits per heavy atom. The van der Waals surface area contributed by atoms with Crippen molar-refractivity contribution in [3.05, 3.63) is 132 Å². The number of fused-ring (bicyclic) bond motifs is 3. The van der Waals surface area contributed by atoms with Crippen LogP contribution < -0.4 is 5.73 Å². The summed E-state index contributed by atoms with van der Waals surface area (Å²) in [6.45, 7) is 2.32. The minimum atomic E-state index is -0.371. The molecule has 0 saturated carbocycles. The third kappa shape index (κ3) is 4.33. The van der Waals surface area contributed by atoms with E-state index in [9.17, 15) is 0 Å². The first-order valence-corrected chi connectivity index (χ1v) is 13.2. The van der Waals surface area contributed by atoms with Crippen LogP contribution in [0, 0.1) is 0 Å². The highest BCUT2D eigenvalue weighted by Gasteiger charge is 2.25. The van der Waals surface area contributed by atoms with Crippen LogP contribution in [-0.2, 0) is 0 Å². The zero-order valence-corrected chi connectivity index (χ0v) is 21.8. The van der Waals surface area contributed by atoms with Crippen molar-refractivity contribution in [3.63, 3.8) is 0 Å². The maximum Gasteiger partial charge on any atom is 0.119 e. The molecule has 2 N–H and O–H groups in total. The van der Waals surface area contributed by atoms with Crippen LogP contribution in [0.4, 0.5) is 0 Å². The van der Waals surface area contributed by atoms with Gasteiger partial charge in [0.15, 0.2) is 0 Å². The maximum absolute atomic E-state index is 6.69. The summed E-state index contributed by atoms with van der Waals surface area (Å²) < 4.78 is 2.44. The molecular formula is C34H32N4. The molecule has 6 rings (SSSR count). The van der Waals surface area contributed by atoms with Gasteiger partial charge in [-0.1, -0.05) is 104 Å². The van der Waals surface area contributed by atoms with Crippen molar-refractivity contribution in [3.8, 4) is 16.8 Å². The van der Waals surface area contributed by atoms with Crippen LogP contribution in [0.25, 0.3) is 33.8 Å². The molecule has 0 amide bonds. The van der Waals surface area contributed by atoms with Crippen LogP contribution in [0.3, 0.4) is 0 Å². The molecule has 38 heavy (non-hydrogen) atoms. The highest BCUT2D eigenvalue weighted by atomic mass is 15.5. The van der Waals surface area contributed by atoms with E-state index in [0.717, 1.165) is 23.2 Å². The van der Waals surface area contributed by atoms with Gasteiger partial charge in [0.2, 0.25) is 0 Å². The van der Waals surface area contributed by atoms with Gasteiger partial charge < -0.3 is 10.3 Å². The highest BCUT2D eigenvalue weighted by Crippen LogP contribution is 2.43. The Morgan fingerprint density at radius 1 is 0.921 bits per heavy atom. The van der Waals surface area contributed by atoms with E-state index in [0.29, 0.717) is 5.92 Å². The minimum absolute atomic E-state index is 0.371. The van der Waals surface area contributed by atoms with E-state index in [1.807, 2.05) is 48.6 Å². The van der Waals surface area contributed by atoms with Crippen molar-refractivity contribution < 1.29 is 0 Å². The van der Waals surface area contributed by atoms with Gasteiger partial charge in [0.1, 0.15) is 6.17 Å². The molecule has 2 atom stereocenters. The molecule has 4 nitrogen and oxygen atoms in total. The minimum Gasteiger partial charge on any atom is -0.313 e. The Bertz CT molecular complexity index is 1630. The number of hydrogen-bond donors (Lipinski definition) is 1. The summed E-state index contributed by atoms with van der Waals surface area (Å²) in [5.41, 5.74) is 16.3. The van der Waals surface area contributed by atoms with E-state index in [-0.39, 0.29) is 6.17 Å². The fourth-order valence-corrected chi connectivity index (χ4v) is 5.51. The first-order valence-electron chi connectivity index (χ1n) is 13.2. The molecule has 4 heteroatoms. The fraction of sp³-hybridized carbons (Fsp3) is 0.147. The number of hydrogen-bond acceptors (Lipinski definition) is 3. The molecule has 0 spiro atoms. The standard InChI is InChI=1S/C34H32N4/c1-24-12-9-20-30-32-29(26-15-7-4-8-16-26)19-11-21-31(32)38(33(24)30)28-18-10-17-27(22-28)34(35)37(2)36-23-25-13-5-3-6-14-25/h3-11,13-24,34H,12,35H2,1-2H3/b36-23+. The largest absolute Gasteiger partial charge is 0.313 e. The van der Waals surface area contributed by atoms with E-state index in [1.54, 1.807) is 0 Å². The van der Waals surface area contributed by atoms with Gasteiger partial charge in [0.25, 0.3) is 0 Å². The lowest BCUT2D eigenvalue weighted by molar-refractivity contribution is 0.265. The van der Waals surface area contributed by atoms with Crippen LogP contribution >= 0.6 is 0 Å². The van der Waals surface area contributed by atoms with Crippen molar-refractivity contribution in [2.75, 3.05) is 7.05 Å². The number of hydrazone groups is 1. The number of rotatable bonds is 6. The summed E-state index contributed by atoms with van der Waals surface area (Å²) in [6, 6.07) is 36.0. The molecule has 1 aliphatic rings. The van der Waals surface area contributed by atoms with Crippen molar-refractivity contribution in [1.82, 2.24) is 9.58 Å². The lowest BCUT2D eigenvalue weighted by Gasteiger charge is -2.24. The van der Waals surface area contributed by atoms with Crippen molar-refractivity contribution >= 4 is 23.2 Å². The summed E-state index contributed by atoms with van der Waals surface area (Å²) >= 11 is 0. The molecular weight excluding hydrogens is 464 g/mol. The lowest BCUT2D eigenvalue weighted by Crippen LogP contribution is -2.27. The molecule has 1 aromatic heterocycles. The molecule has 1 heterocycles. The van der Waals surface area contributed by atoms with Crippen molar-refractivity contribution in [2.24, 2.45) is 10.8 Å². The number of benzene rings is 4. The van der Waals surface area contributed by atoms with E-state index >= 15 is 0 Å². The van der Waals surface area contributed by atoms with Crippen LogP contribution in [0.1, 0.15) is 47.8 Å². The molecule has 4 aromatic carbocycles. The number of nitrogens with zero attached hydrogens (tertiary/aromatic N) is 3. The molecule has 0 saturated heterocycles. The second kappa shape index (κ2) is 10.2. The van der Waals surface area contributed by atoms with Gasteiger partial charge >= 0.3 is 0 Å². The second-order valence-electron chi connectivity index (χ2n) is 10.0. The monoisotopic (exact) mass is 496 g/mol. The average molecular weight is 497 g/mol. The summed E-state index contributed by atoms with van der Waals surface area (Å²) in [7, 11) is 1.92. The first kappa shape index (κ1) is 24.0. The van der Waals surface area contributed by atoms with E-state index in [4.69, 9.17) is 5.73 Å². The highest BCUT2D eigenvalue weighted by molar-refractivity contribution is 6.03. The molecule has 0 radical (unpaired) electrons. The molecule has 188 valence electrons. The molecule has 0 fully saturated rings. The third-order valence-corrected chi connectivity index (χ3v) is 7.46. The first-order chi connectivity index (χ1) is 18.6. The zero-order chi connectivity index (χ0) is 26.1. The Labute approximate surface area is 224 Å². The second-order valence-corrected chi connectivity index (χ2v) is 10.0. The summed E-state index contributed by atoms with van der Waals surface area (Å²) in [6.07, 6.45) is 7.12. The maximum atomic E-state index is 6.69. The zero-order valence-electron chi connectivity index (χ0n) is 21.8. The number of aromatic nitrogens is 1. The Kier molecular flexibility index (Phi) is 6.40. The van der Waals surface area contributed by atoms with Gasteiger partial charge in [-0.05, 0) is 46.9 Å². The Morgan fingerprint density at radius 3 is 2.45 bits per heavy atom. The van der Waals surface area contributed by atoms with Crippen LogP contribution in [-0.4, -0.2) is 22.8 Å². The molecule has 2 unspecified atom stereocenters. The molecule has 1 aliphatic carbocycles. The van der Waals surface area contributed by atoms with E-state index in [1.165, 1.54) is 33.3 Å². The lowest BCUT2D eigenvalue weighted by atomic mass is 9.91. The van der Waals surface area contributed by atoms with Gasteiger partial charge in [-0.3, -0.25) is 5.01 Å². The van der Waals surface area contributed by atoms with Crippen LogP contribution in [0.15, 0.2) is 114 Å². The quantitative estimate of drug-likeness (QED) is 0.148. The number of allylic oxidation sites excluding steroid dienone is 1. The van der Waals surface area contributed by atoms with E-state index < -0.39 is 0 Å². The predicted molar refractivity (Wildman–Crippen MR) is 160 cm³/mol. The summed E-state index contributed by atoms with van der Waals surface area (Å²) in [5, 5.41) is 7.72. The van der Waals surface area contributed by atoms with Gasteiger partial charge in [-0.25, -0.2) is 0 Å². The number of nitrogens with two attached hydrogens (primary N) is 1. The van der Waals surface area contributed by atoms with Crippen LogP contribution in [0.2, 0.25) is 0 Å². The summed E-state index contributed by atoms with van der Waals surface area (Å²) in [5.74, 6) is 0.404. The van der Waals surface area contributed by atoms with Crippen molar-refractivity contribution in [1.29, 1.82) is 0 Å². The normalized spacial score (nSPS) is 15.6. The van der Waals surface area contributed by atoms with Crippen LogP contribution in [0.5, 0.6) is 0 Å². The van der Waals surface area contributed by atoms with Crippen molar-refractivity contribution in [2.45, 2.75) is 25.4 Å². The van der Waals surface area contributed by atoms with Gasteiger partial charge in [0, 0.05) is 35.3 Å². The van der Waals surface area contributed by atoms with E-state index in [2.05, 4.69) is 102 Å². The molecule has 0 bridgehead atoms. The average Bonchev–Trinajstić information content (AvgIpc) is 3.32. The smallest absolute Gasteiger partial charge is 0.119 e. The third-order valence-electron chi connectivity index (χ3n) is 7.46. The topological polar surface area (TPSA) is 46.5 Å². The molecule has 5 aromatic rings.